The highest BCUT2D eigenvalue weighted by Crippen LogP contribution is 2.36. The van der Waals surface area contributed by atoms with Crippen molar-refractivity contribution < 1.29 is 18.6 Å². The lowest BCUT2D eigenvalue weighted by atomic mass is 10.2. The summed E-state index contributed by atoms with van der Waals surface area (Å²) in [7, 11) is 1.55. The molecule has 0 atom stereocenters. The van der Waals surface area contributed by atoms with Gasteiger partial charge in [0.15, 0.2) is 23.1 Å². The van der Waals surface area contributed by atoms with E-state index in [1.165, 1.54) is 18.5 Å². The Morgan fingerprint density at radius 1 is 1.08 bits per heavy atom. The number of halogens is 3. The molecule has 0 N–H and O–H groups in total. The topological polar surface area (TPSA) is 53.5 Å². The van der Waals surface area contributed by atoms with E-state index in [0.29, 0.717) is 33.5 Å². The Bertz CT molecular complexity index is 924. The van der Waals surface area contributed by atoms with Crippen LogP contribution in [0.25, 0.3) is 10.9 Å². The third-order valence-electron chi connectivity index (χ3n) is 3.52. The number of ether oxygens (including phenoxy) is 3. The number of rotatable bonds is 7. The molecule has 0 saturated carbocycles. The van der Waals surface area contributed by atoms with Crippen LogP contribution in [0.15, 0.2) is 41.1 Å². The van der Waals surface area contributed by atoms with Crippen LogP contribution < -0.4 is 14.2 Å². The molecule has 0 unspecified atom stereocenters. The first kappa shape index (κ1) is 18.8. The van der Waals surface area contributed by atoms with Crippen LogP contribution >= 0.6 is 31.9 Å². The third-order valence-corrected chi connectivity index (χ3v) is 4.57. The molecule has 0 aliphatic heterocycles. The van der Waals surface area contributed by atoms with Gasteiger partial charge in [0, 0.05) is 15.9 Å². The van der Waals surface area contributed by atoms with E-state index in [1.807, 2.05) is 0 Å². The minimum Gasteiger partial charge on any atom is -0.493 e. The van der Waals surface area contributed by atoms with E-state index >= 15 is 0 Å². The maximum Gasteiger partial charge on any atom is 0.230 e. The zero-order valence-electron chi connectivity index (χ0n) is 13.8. The van der Waals surface area contributed by atoms with E-state index in [9.17, 15) is 4.39 Å². The van der Waals surface area contributed by atoms with Crippen LogP contribution in [-0.4, -0.2) is 29.0 Å². The van der Waals surface area contributed by atoms with Crippen molar-refractivity contribution in [3.8, 4) is 23.1 Å². The summed E-state index contributed by atoms with van der Waals surface area (Å²) in [6.45, 7) is 0.547. The lowest BCUT2D eigenvalue weighted by Gasteiger charge is -2.13. The molecule has 0 aliphatic rings. The van der Waals surface area contributed by atoms with E-state index in [4.69, 9.17) is 14.2 Å². The van der Waals surface area contributed by atoms with Gasteiger partial charge in [0.25, 0.3) is 0 Å². The first-order chi connectivity index (χ1) is 12.6. The Kier molecular flexibility index (Phi) is 6.26. The predicted molar refractivity (Wildman–Crippen MR) is 104 cm³/mol. The Morgan fingerprint density at radius 3 is 2.65 bits per heavy atom. The molecule has 0 fully saturated rings. The van der Waals surface area contributed by atoms with Crippen molar-refractivity contribution in [2.45, 2.75) is 6.42 Å². The van der Waals surface area contributed by atoms with Crippen LogP contribution in [0.5, 0.6) is 23.1 Å². The van der Waals surface area contributed by atoms with Crippen molar-refractivity contribution in [1.29, 1.82) is 0 Å². The summed E-state index contributed by atoms with van der Waals surface area (Å²) in [6.07, 6.45) is 2.23. The molecular weight excluding hydrogens is 471 g/mol. The largest absolute Gasteiger partial charge is 0.493 e. The number of hydrogen-bond donors (Lipinski definition) is 0. The quantitative estimate of drug-likeness (QED) is 0.327. The number of aromatic nitrogens is 2. The number of benzene rings is 2. The van der Waals surface area contributed by atoms with Crippen LogP contribution in [0.3, 0.4) is 0 Å². The summed E-state index contributed by atoms with van der Waals surface area (Å²) in [5, 5.41) is 1.45. The molecule has 3 rings (SSSR count). The van der Waals surface area contributed by atoms with Crippen LogP contribution in [-0.2, 0) is 0 Å². The lowest BCUT2D eigenvalue weighted by molar-refractivity contribution is 0.296. The second kappa shape index (κ2) is 8.64. The predicted octanol–water partition coefficient (Wildman–Crippen LogP) is 5.50. The minimum absolute atomic E-state index is 0.0739. The highest BCUT2D eigenvalue weighted by atomic mass is 79.9. The molecule has 1 heterocycles. The van der Waals surface area contributed by atoms with E-state index < -0.39 is 5.82 Å². The minimum atomic E-state index is -0.493. The van der Waals surface area contributed by atoms with Crippen molar-refractivity contribution >= 4 is 42.8 Å². The van der Waals surface area contributed by atoms with E-state index in [0.717, 1.165) is 11.8 Å². The Balaban J connectivity index is 1.98. The molecule has 1 aromatic heterocycles. The Labute approximate surface area is 166 Å². The fraction of sp³-hybridized carbons (Fsp3) is 0.222. The van der Waals surface area contributed by atoms with Gasteiger partial charge >= 0.3 is 0 Å². The van der Waals surface area contributed by atoms with Gasteiger partial charge < -0.3 is 14.2 Å². The normalized spacial score (nSPS) is 10.8. The highest BCUT2D eigenvalue weighted by molar-refractivity contribution is 9.10. The molecule has 5 nitrogen and oxygen atoms in total. The van der Waals surface area contributed by atoms with Crippen LogP contribution in [0.2, 0.25) is 0 Å². The van der Waals surface area contributed by atoms with Crippen LogP contribution in [0, 0.1) is 5.82 Å². The fourth-order valence-electron chi connectivity index (χ4n) is 2.29. The van der Waals surface area contributed by atoms with Crippen molar-refractivity contribution in [1.82, 2.24) is 9.97 Å². The molecule has 8 heteroatoms. The summed E-state index contributed by atoms with van der Waals surface area (Å²) in [4.78, 5) is 8.38. The van der Waals surface area contributed by atoms with Crippen molar-refractivity contribution in [2.75, 3.05) is 19.0 Å². The number of hydrogen-bond acceptors (Lipinski definition) is 5. The summed E-state index contributed by atoms with van der Waals surface area (Å²) in [5.41, 5.74) is 0.613. The molecule has 0 radical (unpaired) electrons. The van der Waals surface area contributed by atoms with Gasteiger partial charge in [-0.3, -0.25) is 0 Å². The van der Waals surface area contributed by atoms with E-state index in [1.54, 1.807) is 25.3 Å². The summed E-state index contributed by atoms with van der Waals surface area (Å²) >= 11 is 6.59. The molecule has 136 valence electrons. The smallest absolute Gasteiger partial charge is 0.230 e. The molecule has 0 aliphatic carbocycles. The second-order valence-corrected chi connectivity index (χ2v) is 6.98. The zero-order chi connectivity index (χ0) is 18.5. The summed E-state index contributed by atoms with van der Waals surface area (Å²) in [5.74, 6) is 0.933. The van der Waals surface area contributed by atoms with Gasteiger partial charge in [-0.05, 0) is 30.7 Å². The summed E-state index contributed by atoms with van der Waals surface area (Å²) in [6, 6.07) is 8.04. The average molecular weight is 486 g/mol. The molecule has 0 saturated heterocycles. The average Bonchev–Trinajstić information content (AvgIpc) is 2.64. The third kappa shape index (κ3) is 4.24. The number of fused-ring (bicyclic) bond motifs is 1. The monoisotopic (exact) mass is 484 g/mol. The maximum absolute atomic E-state index is 14.1. The number of nitrogens with zero attached hydrogens (tertiary/aromatic N) is 2. The van der Waals surface area contributed by atoms with Crippen LogP contribution in [0.4, 0.5) is 4.39 Å². The lowest BCUT2D eigenvalue weighted by Crippen LogP contribution is -2.01. The standard InChI is InChI=1S/C18H15Br2FN2O3/c1-24-16-8-12-14(9-17(16)25-6-2-5-19)22-10-23-18(12)26-15-4-3-11(20)7-13(15)21/h3-4,7-10H,2,5-6H2,1H3. The van der Waals surface area contributed by atoms with Gasteiger partial charge in [-0.2, -0.15) is 0 Å². The summed E-state index contributed by atoms with van der Waals surface area (Å²) < 4.78 is 31.5. The molecule has 26 heavy (non-hydrogen) atoms. The molecule has 0 bridgehead atoms. The molecule has 0 spiro atoms. The van der Waals surface area contributed by atoms with Crippen LogP contribution in [0.1, 0.15) is 6.42 Å². The molecular formula is C18H15Br2FN2O3. The van der Waals surface area contributed by atoms with Gasteiger partial charge in [-0.15, -0.1) is 0 Å². The van der Waals surface area contributed by atoms with Gasteiger partial charge in [-0.1, -0.05) is 31.9 Å². The zero-order valence-corrected chi connectivity index (χ0v) is 17.0. The van der Waals surface area contributed by atoms with Crippen molar-refractivity contribution in [3.63, 3.8) is 0 Å². The second-order valence-electron chi connectivity index (χ2n) is 5.27. The van der Waals surface area contributed by atoms with E-state index in [2.05, 4.69) is 41.8 Å². The van der Waals surface area contributed by atoms with Crippen molar-refractivity contribution in [2.24, 2.45) is 0 Å². The highest BCUT2D eigenvalue weighted by Gasteiger charge is 2.14. The van der Waals surface area contributed by atoms with Crippen molar-refractivity contribution in [3.05, 3.63) is 46.9 Å². The van der Waals surface area contributed by atoms with Gasteiger partial charge in [0.1, 0.15) is 6.33 Å². The Hall–Kier alpha value is -1.93. The SMILES string of the molecule is COc1cc2c(Oc3ccc(Br)cc3F)ncnc2cc1OCCCBr. The molecule has 2 aromatic carbocycles. The number of methoxy groups -OCH3 is 1. The molecule has 0 amide bonds. The van der Waals surface area contributed by atoms with Gasteiger partial charge in [0.05, 0.1) is 24.6 Å². The fourth-order valence-corrected chi connectivity index (χ4v) is 2.85. The number of alkyl halides is 1. The van der Waals surface area contributed by atoms with Gasteiger partial charge in [0.2, 0.25) is 5.88 Å². The Morgan fingerprint density at radius 2 is 1.92 bits per heavy atom. The maximum atomic E-state index is 14.1. The van der Waals surface area contributed by atoms with E-state index in [-0.39, 0.29) is 11.6 Å². The first-order valence-corrected chi connectivity index (χ1v) is 9.68. The molecule has 3 aromatic rings. The van der Waals surface area contributed by atoms with Gasteiger partial charge in [-0.25, -0.2) is 14.4 Å². The first-order valence-electron chi connectivity index (χ1n) is 7.76.